The van der Waals surface area contributed by atoms with Gasteiger partial charge in [0.25, 0.3) is 0 Å². The molecule has 2 fully saturated rings. The van der Waals surface area contributed by atoms with Crippen LogP contribution in [0.3, 0.4) is 0 Å². The first kappa shape index (κ1) is 13.8. The number of carbonyl (C=O) groups excluding carboxylic acids is 1. The Hall–Kier alpha value is -0.610. The second-order valence-corrected chi connectivity index (χ2v) is 5.92. The highest BCUT2D eigenvalue weighted by Gasteiger charge is 2.39. The molecular weight excluding hydrogens is 226 g/mol. The summed E-state index contributed by atoms with van der Waals surface area (Å²) in [4.78, 5) is 17.0. The van der Waals surface area contributed by atoms with Crippen molar-refractivity contribution < 1.29 is 4.79 Å². The molecule has 1 amide bonds. The lowest BCUT2D eigenvalue weighted by molar-refractivity contribution is -0.149. The largest absolute Gasteiger partial charge is 0.334 e. The van der Waals surface area contributed by atoms with Crippen LogP contribution in [-0.2, 0) is 4.79 Å². The van der Waals surface area contributed by atoms with Crippen molar-refractivity contribution in [2.24, 2.45) is 5.73 Å². The van der Waals surface area contributed by atoms with Gasteiger partial charge in [-0.2, -0.15) is 0 Å². The maximum absolute atomic E-state index is 12.7. The number of amides is 1. The van der Waals surface area contributed by atoms with Gasteiger partial charge in [0.15, 0.2) is 0 Å². The summed E-state index contributed by atoms with van der Waals surface area (Å²) in [6.07, 6.45) is 7.05. The van der Waals surface area contributed by atoms with Crippen LogP contribution in [-0.4, -0.2) is 54.0 Å². The van der Waals surface area contributed by atoms with Crippen molar-refractivity contribution in [1.29, 1.82) is 0 Å². The summed E-state index contributed by atoms with van der Waals surface area (Å²) in [6.45, 7) is 3.75. The predicted molar refractivity (Wildman–Crippen MR) is 73.3 cm³/mol. The van der Waals surface area contributed by atoms with E-state index in [1.165, 1.54) is 32.1 Å². The molecular formula is C14H27N3O. The van der Waals surface area contributed by atoms with E-state index in [9.17, 15) is 4.79 Å². The molecule has 18 heavy (non-hydrogen) atoms. The van der Waals surface area contributed by atoms with Crippen LogP contribution in [0.25, 0.3) is 0 Å². The van der Waals surface area contributed by atoms with E-state index in [1.807, 2.05) is 7.05 Å². The van der Waals surface area contributed by atoms with Crippen LogP contribution >= 0.6 is 0 Å². The van der Waals surface area contributed by atoms with Crippen LogP contribution < -0.4 is 5.73 Å². The third-order valence-corrected chi connectivity index (χ3v) is 4.51. The zero-order valence-electron chi connectivity index (χ0n) is 11.8. The third-order valence-electron chi connectivity index (χ3n) is 4.51. The summed E-state index contributed by atoms with van der Waals surface area (Å²) in [7, 11) is 2.05. The smallest absolute Gasteiger partial charge is 0.240 e. The van der Waals surface area contributed by atoms with Crippen molar-refractivity contribution in [2.75, 3.05) is 20.1 Å². The zero-order valence-corrected chi connectivity index (χ0v) is 11.8. The number of nitrogens with zero attached hydrogens (tertiary/aromatic N) is 2. The quantitative estimate of drug-likeness (QED) is 0.822. The molecule has 1 heterocycles. The van der Waals surface area contributed by atoms with Crippen molar-refractivity contribution in [3.8, 4) is 0 Å². The summed E-state index contributed by atoms with van der Waals surface area (Å²) in [5.41, 5.74) is 5.64. The van der Waals surface area contributed by atoms with Gasteiger partial charge in [0.1, 0.15) is 0 Å². The maximum atomic E-state index is 12.7. The topological polar surface area (TPSA) is 49.6 Å². The van der Waals surface area contributed by atoms with E-state index in [4.69, 9.17) is 5.73 Å². The number of hydrogen-bond acceptors (Lipinski definition) is 3. The number of piperazine rings is 1. The van der Waals surface area contributed by atoms with Gasteiger partial charge in [-0.25, -0.2) is 0 Å². The van der Waals surface area contributed by atoms with Crippen LogP contribution in [0, 0.1) is 0 Å². The Morgan fingerprint density at radius 3 is 2.56 bits per heavy atom. The lowest BCUT2D eigenvalue weighted by Crippen LogP contribution is -2.62. The summed E-state index contributed by atoms with van der Waals surface area (Å²) in [5, 5.41) is 0. The van der Waals surface area contributed by atoms with Crippen molar-refractivity contribution in [2.45, 2.75) is 63.6 Å². The van der Waals surface area contributed by atoms with Gasteiger partial charge in [-0.3, -0.25) is 9.69 Å². The average molecular weight is 253 g/mol. The monoisotopic (exact) mass is 253 g/mol. The minimum atomic E-state index is 0.00752. The van der Waals surface area contributed by atoms with E-state index in [0.717, 1.165) is 13.0 Å². The van der Waals surface area contributed by atoms with E-state index in [0.29, 0.717) is 24.5 Å². The average Bonchev–Trinajstić information content (AvgIpc) is 2.35. The van der Waals surface area contributed by atoms with Gasteiger partial charge < -0.3 is 10.6 Å². The van der Waals surface area contributed by atoms with Crippen LogP contribution in [0.4, 0.5) is 0 Å². The zero-order chi connectivity index (χ0) is 13.1. The van der Waals surface area contributed by atoms with Crippen molar-refractivity contribution in [1.82, 2.24) is 9.80 Å². The molecule has 4 nitrogen and oxygen atoms in total. The lowest BCUT2D eigenvalue weighted by Gasteiger charge is -2.47. The molecule has 0 spiro atoms. The van der Waals surface area contributed by atoms with Gasteiger partial charge in [-0.15, -0.1) is 0 Å². The first-order valence-electron chi connectivity index (χ1n) is 7.37. The van der Waals surface area contributed by atoms with Gasteiger partial charge in [-0.1, -0.05) is 19.3 Å². The maximum Gasteiger partial charge on any atom is 0.240 e. The highest BCUT2D eigenvalue weighted by atomic mass is 16.2. The molecule has 2 rings (SSSR count). The number of hydrogen-bond donors (Lipinski definition) is 1. The lowest BCUT2D eigenvalue weighted by atomic mass is 9.91. The SMILES string of the molecule is CC1CN(C)C(CCN)C(=O)N1C1CCCCC1. The molecule has 0 aromatic heterocycles. The molecule has 0 bridgehead atoms. The molecule has 1 saturated heterocycles. The van der Waals surface area contributed by atoms with Crippen LogP contribution in [0.2, 0.25) is 0 Å². The number of rotatable bonds is 3. The standard InChI is InChI=1S/C14H27N3O/c1-11-10-16(2)13(8-9-15)14(18)17(11)12-6-4-3-5-7-12/h11-13H,3-10,15H2,1-2H3. The first-order chi connectivity index (χ1) is 8.65. The molecule has 0 aromatic rings. The fraction of sp³-hybridized carbons (Fsp3) is 0.929. The number of likely N-dealkylation sites (N-methyl/N-ethyl adjacent to an activating group) is 1. The Morgan fingerprint density at radius 2 is 1.94 bits per heavy atom. The van der Waals surface area contributed by atoms with Crippen molar-refractivity contribution >= 4 is 5.91 Å². The molecule has 2 unspecified atom stereocenters. The van der Waals surface area contributed by atoms with Crippen LogP contribution in [0.5, 0.6) is 0 Å². The summed E-state index contributed by atoms with van der Waals surface area (Å²) in [6, 6.07) is 0.836. The minimum absolute atomic E-state index is 0.00752. The van der Waals surface area contributed by atoms with E-state index >= 15 is 0 Å². The first-order valence-corrected chi connectivity index (χ1v) is 7.37. The fourth-order valence-electron chi connectivity index (χ4n) is 3.61. The molecule has 2 atom stereocenters. The molecule has 2 N–H and O–H groups in total. The number of carbonyl (C=O) groups is 1. The van der Waals surface area contributed by atoms with Gasteiger partial charge in [0.05, 0.1) is 6.04 Å². The highest BCUT2D eigenvalue weighted by Crippen LogP contribution is 2.28. The van der Waals surface area contributed by atoms with Crippen LogP contribution in [0.1, 0.15) is 45.4 Å². The molecule has 4 heteroatoms. The fourth-order valence-corrected chi connectivity index (χ4v) is 3.61. The summed E-state index contributed by atoms with van der Waals surface area (Å²) in [5.74, 6) is 0.314. The molecule has 0 radical (unpaired) electrons. The third kappa shape index (κ3) is 2.69. The van der Waals surface area contributed by atoms with Crippen molar-refractivity contribution in [3.63, 3.8) is 0 Å². The van der Waals surface area contributed by atoms with E-state index < -0.39 is 0 Å². The molecule has 104 valence electrons. The van der Waals surface area contributed by atoms with Gasteiger partial charge in [0, 0.05) is 18.6 Å². The van der Waals surface area contributed by atoms with Gasteiger partial charge in [-0.05, 0) is 39.8 Å². The molecule has 1 aliphatic carbocycles. The molecule has 1 saturated carbocycles. The Balaban J connectivity index is 2.09. The second kappa shape index (κ2) is 6.02. The molecule has 0 aromatic carbocycles. The second-order valence-electron chi connectivity index (χ2n) is 5.92. The van der Waals surface area contributed by atoms with E-state index in [1.54, 1.807) is 0 Å². The van der Waals surface area contributed by atoms with E-state index in [2.05, 4.69) is 16.7 Å². The molecule has 1 aliphatic heterocycles. The molecule has 2 aliphatic rings. The number of nitrogens with two attached hydrogens (primary N) is 1. The van der Waals surface area contributed by atoms with Gasteiger partial charge in [0.2, 0.25) is 5.91 Å². The van der Waals surface area contributed by atoms with E-state index in [-0.39, 0.29) is 6.04 Å². The Bertz CT molecular complexity index is 289. The Kier molecular flexibility index (Phi) is 4.62. The van der Waals surface area contributed by atoms with Crippen molar-refractivity contribution in [3.05, 3.63) is 0 Å². The Labute approximate surface area is 110 Å². The summed E-state index contributed by atoms with van der Waals surface area (Å²) >= 11 is 0. The summed E-state index contributed by atoms with van der Waals surface area (Å²) < 4.78 is 0. The van der Waals surface area contributed by atoms with Gasteiger partial charge >= 0.3 is 0 Å². The van der Waals surface area contributed by atoms with Crippen LogP contribution in [0.15, 0.2) is 0 Å². The Morgan fingerprint density at radius 1 is 1.28 bits per heavy atom. The highest BCUT2D eigenvalue weighted by molar-refractivity contribution is 5.83. The predicted octanol–water partition coefficient (Wildman–Crippen LogP) is 1.20. The normalized spacial score (nSPS) is 31.9. The minimum Gasteiger partial charge on any atom is -0.334 e.